The number of nitrogens with one attached hydrogen (secondary N) is 2. The third-order valence-corrected chi connectivity index (χ3v) is 3.80. The van der Waals surface area contributed by atoms with Gasteiger partial charge in [-0.1, -0.05) is 18.2 Å². The number of aromatic nitrogens is 1. The van der Waals surface area contributed by atoms with Gasteiger partial charge in [-0.25, -0.2) is 13.1 Å². The van der Waals surface area contributed by atoms with Crippen LogP contribution in [0.4, 0.5) is 0 Å². The van der Waals surface area contributed by atoms with E-state index in [1.54, 1.807) is 6.07 Å². The van der Waals surface area contributed by atoms with Gasteiger partial charge in [-0.15, -0.1) is 0 Å². The molecule has 0 spiro atoms. The van der Waals surface area contributed by atoms with Gasteiger partial charge in [0, 0.05) is 24.1 Å². The van der Waals surface area contributed by atoms with Crippen molar-refractivity contribution in [3.8, 4) is 0 Å². The van der Waals surface area contributed by atoms with Crippen molar-refractivity contribution in [3.63, 3.8) is 0 Å². The van der Waals surface area contributed by atoms with Crippen molar-refractivity contribution in [3.05, 3.63) is 30.3 Å². The zero-order valence-electron chi connectivity index (χ0n) is 9.18. The zero-order chi connectivity index (χ0) is 12.3. The Morgan fingerprint density at radius 1 is 1.29 bits per heavy atom. The van der Waals surface area contributed by atoms with E-state index in [1.165, 1.54) is 0 Å². The molecule has 6 heteroatoms. The summed E-state index contributed by atoms with van der Waals surface area (Å²) in [6, 6.07) is 8.96. The van der Waals surface area contributed by atoms with Gasteiger partial charge in [0.1, 0.15) is 5.03 Å². The third-order valence-electron chi connectivity index (χ3n) is 2.42. The molecule has 2 rings (SSSR count). The third kappa shape index (κ3) is 2.66. The highest BCUT2D eigenvalue weighted by Crippen LogP contribution is 2.17. The number of hydrogen-bond acceptors (Lipinski definition) is 3. The van der Waals surface area contributed by atoms with Crippen molar-refractivity contribution < 1.29 is 13.5 Å². The summed E-state index contributed by atoms with van der Waals surface area (Å²) in [5.41, 5.74) is 0.787. The number of para-hydroxylation sites is 1. The highest BCUT2D eigenvalue weighted by molar-refractivity contribution is 7.89. The van der Waals surface area contributed by atoms with Crippen molar-refractivity contribution >= 4 is 20.9 Å². The van der Waals surface area contributed by atoms with Gasteiger partial charge in [0.2, 0.25) is 0 Å². The Bertz CT molecular complexity index is 571. The minimum atomic E-state index is -3.51. The monoisotopic (exact) mass is 254 g/mol. The van der Waals surface area contributed by atoms with Crippen LogP contribution in [0.5, 0.6) is 0 Å². The molecule has 0 aliphatic rings. The molecule has 1 aromatic carbocycles. The van der Waals surface area contributed by atoms with Crippen LogP contribution in [0.25, 0.3) is 10.9 Å². The molecular weight excluding hydrogens is 240 g/mol. The van der Waals surface area contributed by atoms with Crippen molar-refractivity contribution in [1.82, 2.24) is 9.71 Å². The van der Waals surface area contributed by atoms with Gasteiger partial charge in [-0.2, -0.15) is 0 Å². The fraction of sp³-hybridized carbons (Fsp3) is 0.273. The fourth-order valence-electron chi connectivity index (χ4n) is 1.55. The van der Waals surface area contributed by atoms with E-state index in [0.717, 1.165) is 10.9 Å². The Morgan fingerprint density at radius 3 is 2.76 bits per heavy atom. The predicted octanol–water partition coefficient (Wildman–Crippen LogP) is 0.829. The molecule has 1 heterocycles. The maximum absolute atomic E-state index is 11.9. The molecule has 5 nitrogen and oxygen atoms in total. The standard InChI is InChI=1S/C11H14N2O3S/c14-7-3-6-12-17(15,16)11-8-9-4-1-2-5-10(9)13-11/h1-2,4-5,8,12-14H,3,6-7H2. The number of rotatable bonds is 5. The predicted molar refractivity (Wildman–Crippen MR) is 65.2 cm³/mol. The lowest BCUT2D eigenvalue weighted by atomic mass is 10.3. The van der Waals surface area contributed by atoms with E-state index in [4.69, 9.17) is 5.11 Å². The minimum Gasteiger partial charge on any atom is -0.396 e. The van der Waals surface area contributed by atoms with Gasteiger partial charge >= 0.3 is 0 Å². The molecule has 3 N–H and O–H groups in total. The second-order valence-electron chi connectivity index (χ2n) is 3.70. The topological polar surface area (TPSA) is 82.2 Å². The van der Waals surface area contributed by atoms with Crippen LogP contribution in [0.1, 0.15) is 6.42 Å². The minimum absolute atomic E-state index is 0.0325. The van der Waals surface area contributed by atoms with Crippen molar-refractivity contribution in [2.75, 3.05) is 13.2 Å². The van der Waals surface area contributed by atoms with E-state index in [-0.39, 0.29) is 18.2 Å². The van der Waals surface area contributed by atoms with Crippen LogP contribution >= 0.6 is 0 Å². The van der Waals surface area contributed by atoms with Crippen molar-refractivity contribution in [2.45, 2.75) is 11.4 Å². The van der Waals surface area contributed by atoms with Gasteiger partial charge in [0.25, 0.3) is 10.0 Å². The molecule has 0 amide bonds. The van der Waals surface area contributed by atoms with Crippen LogP contribution < -0.4 is 4.72 Å². The second-order valence-corrected chi connectivity index (χ2v) is 5.43. The van der Waals surface area contributed by atoms with Gasteiger partial charge in [-0.05, 0) is 18.6 Å². The second kappa shape index (κ2) is 4.87. The molecule has 0 atom stereocenters. The van der Waals surface area contributed by atoms with E-state index < -0.39 is 10.0 Å². The van der Waals surface area contributed by atoms with Gasteiger partial charge in [0.15, 0.2) is 0 Å². The molecule has 1 aromatic heterocycles. The quantitative estimate of drug-likeness (QED) is 0.691. The highest BCUT2D eigenvalue weighted by atomic mass is 32.2. The summed E-state index contributed by atoms with van der Waals surface area (Å²) in [4.78, 5) is 2.85. The Kier molecular flexibility index (Phi) is 3.46. The summed E-state index contributed by atoms with van der Waals surface area (Å²) < 4.78 is 26.1. The summed E-state index contributed by atoms with van der Waals surface area (Å²) in [6.07, 6.45) is 0.402. The summed E-state index contributed by atoms with van der Waals surface area (Å²) >= 11 is 0. The first-order valence-electron chi connectivity index (χ1n) is 5.32. The SMILES string of the molecule is O=S(=O)(NCCCO)c1cc2ccccc2[nH]1. The Labute approximate surface area is 99.5 Å². The smallest absolute Gasteiger partial charge is 0.256 e. The largest absolute Gasteiger partial charge is 0.396 e. The number of aliphatic hydroxyl groups excluding tert-OH is 1. The lowest BCUT2D eigenvalue weighted by Gasteiger charge is -2.02. The molecule has 0 unspecified atom stereocenters. The van der Waals surface area contributed by atoms with E-state index in [0.29, 0.717) is 6.42 Å². The molecule has 0 radical (unpaired) electrons. The zero-order valence-corrected chi connectivity index (χ0v) is 10.00. The van der Waals surface area contributed by atoms with Gasteiger partial charge < -0.3 is 10.1 Å². The highest BCUT2D eigenvalue weighted by Gasteiger charge is 2.15. The number of H-pyrrole nitrogens is 1. The average Bonchev–Trinajstić information content (AvgIpc) is 2.73. The van der Waals surface area contributed by atoms with Crippen LogP contribution in [0.3, 0.4) is 0 Å². The molecule has 0 bridgehead atoms. The van der Waals surface area contributed by atoms with E-state index in [2.05, 4.69) is 9.71 Å². The molecule has 17 heavy (non-hydrogen) atoms. The van der Waals surface area contributed by atoms with Crippen LogP contribution in [-0.4, -0.2) is 31.7 Å². The molecular formula is C11H14N2O3S. The Morgan fingerprint density at radius 2 is 2.06 bits per heavy atom. The summed E-state index contributed by atoms with van der Waals surface area (Å²) in [5, 5.41) is 9.61. The average molecular weight is 254 g/mol. The van der Waals surface area contributed by atoms with Crippen LogP contribution in [0.15, 0.2) is 35.4 Å². The van der Waals surface area contributed by atoms with Crippen LogP contribution in [0, 0.1) is 0 Å². The first-order chi connectivity index (χ1) is 8.13. The number of hydrogen-bond donors (Lipinski definition) is 3. The summed E-state index contributed by atoms with van der Waals surface area (Å²) in [5.74, 6) is 0. The van der Waals surface area contributed by atoms with Gasteiger partial charge in [-0.3, -0.25) is 0 Å². The lowest BCUT2D eigenvalue weighted by molar-refractivity contribution is 0.289. The normalized spacial score (nSPS) is 12.1. The van der Waals surface area contributed by atoms with E-state index >= 15 is 0 Å². The van der Waals surface area contributed by atoms with E-state index in [1.807, 2.05) is 24.3 Å². The maximum atomic E-state index is 11.9. The first kappa shape index (κ1) is 12.1. The Hall–Kier alpha value is -1.37. The first-order valence-corrected chi connectivity index (χ1v) is 6.80. The van der Waals surface area contributed by atoms with Crippen molar-refractivity contribution in [2.24, 2.45) is 0 Å². The number of sulfonamides is 1. The van der Waals surface area contributed by atoms with Crippen LogP contribution in [0.2, 0.25) is 0 Å². The molecule has 0 aliphatic heterocycles. The molecule has 0 saturated heterocycles. The number of aromatic amines is 1. The maximum Gasteiger partial charge on any atom is 0.256 e. The number of benzene rings is 1. The summed E-state index contributed by atoms with van der Waals surface area (Å²) in [6.45, 7) is 0.198. The molecule has 0 fully saturated rings. The molecule has 92 valence electrons. The Balaban J connectivity index is 2.26. The number of fused-ring (bicyclic) bond motifs is 1. The lowest BCUT2D eigenvalue weighted by Crippen LogP contribution is -2.25. The van der Waals surface area contributed by atoms with Gasteiger partial charge in [0.05, 0.1) is 0 Å². The van der Waals surface area contributed by atoms with Crippen LogP contribution in [-0.2, 0) is 10.0 Å². The van der Waals surface area contributed by atoms with Crippen molar-refractivity contribution in [1.29, 1.82) is 0 Å². The van der Waals surface area contributed by atoms with E-state index in [9.17, 15) is 8.42 Å². The fourth-order valence-corrected chi connectivity index (χ4v) is 2.65. The summed E-state index contributed by atoms with van der Waals surface area (Å²) in [7, 11) is -3.51. The molecule has 0 aliphatic carbocycles. The number of aliphatic hydroxyl groups is 1. The molecule has 0 saturated carbocycles. The molecule has 2 aromatic rings.